The smallest absolute Gasteiger partial charge is 0.279 e. The number of hydrogen-bond donors (Lipinski definition) is 2. The summed E-state index contributed by atoms with van der Waals surface area (Å²) in [5.41, 5.74) is 0.748. The predicted octanol–water partition coefficient (Wildman–Crippen LogP) is 2.88. The molecule has 0 aliphatic carbocycles. The minimum Gasteiger partial charge on any atom is -0.332 e. The van der Waals surface area contributed by atoms with Crippen molar-refractivity contribution in [1.82, 2.24) is 0 Å². The second-order valence-corrected chi connectivity index (χ2v) is 5.33. The number of nitrogens with two attached hydrogens (primary N) is 1. The fraction of sp³-hybridized carbons (Fsp3) is 0.188. The van der Waals surface area contributed by atoms with E-state index in [9.17, 15) is 13.6 Å². The molecular weight excluding hydrogens is 310 g/mol. The molecule has 1 amide bonds. The monoisotopic (exact) mass is 325 g/mol. The van der Waals surface area contributed by atoms with Crippen molar-refractivity contribution in [1.29, 1.82) is 0 Å². The number of benzene rings is 2. The van der Waals surface area contributed by atoms with Gasteiger partial charge in [-0.05, 0) is 25.1 Å². The maximum absolute atomic E-state index is 13.4. The fourth-order valence-electron chi connectivity index (χ4n) is 2.05. The number of carbonyl (C=O) groups is 1. The lowest BCUT2D eigenvalue weighted by Crippen LogP contribution is -2.86. The van der Waals surface area contributed by atoms with Crippen molar-refractivity contribution in [3.8, 4) is 0 Å². The summed E-state index contributed by atoms with van der Waals surface area (Å²) in [4.78, 5) is 11.8. The molecule has 2 rings (SSSR count). The molecule has 1 atom stereocenters. The van der Waals surface area contributed by atoms with E-state index in [1.807, 2.05) is 25.1 Å². The van der Waals surface area contributed by atoms with Crippen LogP contribution in [-0.4, -0.2) is 12.5 Å². The van der Waals surface area contributed by atoms with Gasteiger partial charge in [0.2, 0.25) is 0 Å². The number of carbonyl (C=O) groups excluding carboxylic acids is 1. The Morgan fingerprint density at radius 1 is 1.27 bits per heavy atom. The highest BCUT2D eigenvalue weighted by atomic mass is 35.5. The molecule has 6 heteroatoms. The third kappa shape index (κ3) is 4.26. The molecule has 3 N–H and O–H groups in total. The van der Waals surface area contributed by atoms with Crippen LogP contribution in [-0.2, 0) is 4.79 Å². The van der Waals surface area contributed by atoms with E-state index in [1.165, 1.54) is 0 Å². The van der Waals surface area contributed by atoms with Crippen LogP contribution in [0.3, 0.4) is 0 Å². The van der Waals surface area contributed by atoms with E-state index in [-0.39, 0.29) is 18.3 Å². The van der Waals surface area contributed by atoms with Crippen molar-refractivity contribution in [2.75, 3.05) is 11.9 Å². The van der Waals surface area contributed by atoms with Crippen LogP contribution >= 0.6 is 11.6 Å². The number of rotatable bonds is 5. The van der Waals surface area contributed by atoms with Crippen LogP contribution in [0.4, 0.5) is 14.5 Å². The van der Waals surface area contributed by atoms with Gasteiger partial charge in [0.05, 0.1) is 5.69 Å². The number of quaternary nitrogens is 1. The third-order valence-electron chi connectivity index (χ3n) is 3.26. The molecule has 0 aliphatic heterocycles. The summed E-state index contributed by atoms with van der Waals surface area (Å²) in [6.45, 7) is 1.99. The van der Waals surface area contributed by atoms with E-state index in [1.54, 1.807) is 11.4 Å². The molecule has 0 spiro atoms. The summed E-state index contributed by atoms with van der Waals surface area (Å²) in [5, 5.41) is 4.75. The zero-order valence-corrected chi connectivity index (χ0v) is 12.7. The Morgan fingerprint density at radius 3 is 2.73 bits per heavy atom. The van der Waals surface area contributed by atoms with Gasteiger partial charge in [-0.2, -0.15) is 0 Å². The standard InChI is InChI=1S/C16H15ClF2N2O/c1-10(12-4-2-3-5-13(12)17)20-9-16(22)21-15-8-11(18)6-7-14(15)19/h2-8,10,20H,9H2,1H3,(H,21,22)/p+1/t10-/m0/s1. The van der Waals surface area contributed by atoms with Gasteiger partial charge in [-0.3, -0.25) is 4.79 Å². The van der Waals surface area contributed by atoms with Crippen molar-refractivity contribution < 1.29 is 18.9 Å². The molecule has 0 radical (unpaired) electrons. The summed E-state index contributed by atoms with van der Waals surface area (Å²) in [5.74, 6) is -1.69. The lowest BCUT2D eigenvalue weighted by Gasteiger charge is -2.12. The molecule has 116 valence electrons. The summed E-state index contributed by atoms with van der Waals surface area (Å²) in [6.07, 6.45) is 0. The van der Waals surface area contributed by atoms with Crippen LogP contribution in [0.15, 0.2) is 42.5 Å². The Hall–Kier alpha value is -1.98. The largest absolute Gasteiger partial charge is 0.332 e. The number of amides is 1. The molecule has 0 unspecified atom stereocenters. The van der Waals surface area contributed by atoms with Crippen molar-refractivity contribution >= 4 is 23.2 Å². The molecule has 3 nitrogen and oxygen atoms in total. The van der Waals surface area contributed by atoms with Crippen molar-refractivity contribution in [2.24, 2.45) is 0 Å². The summed E-state index contributed by atoms with van der Waals surface area (Å²) in [6, 6.07) is 10.3. The molecule has 0 saturated carbocycles. The molecule has 2 aromatic rings. The summed E-state index contributed by atoms with van der Waals surface area (Å²) >= 11 is 6.09. The lowest BCUT2D eigenvalue weighted by atomic mass is 10.1. The molecule has 0 aliphatic rings. The highest BCUT2D eigenvalue weighted by Gasteiger charge is 2.15. The van der Waals surface area contributed by atoms with Gasteiger partial charge in [-0.25, -0.2) is 8.78 Å². The average Bonchev–Trinajstić information content (AvgIpc) is 2.49. The Balaban J connectivity index is 1.93. The van der Waals surface area contributed by atoms with Gasteiger partial charge in [0.15, 0.2) is 6.54 Å². The summed E-state index contributed by atoms with van der Waals surface area (Å²) < 4.78 is 26.5. The van der Waals surface area contributed by atoms with Crippen LogP contribution in [0.1, 0.15) is 18.5 Å². The SMILES string of the molecule is C[C@H]([NH2+]CC(=O)Nc1cc(F)ccc1F)c1ccccc1Cl. The van der Waals surface area contributed by atoms with Gasteiger partial charge in [-0.15, -0.1) is 0 Å². The van der Waals surface area contributed by atoms with E-state index in [4.69, 9.17) is 11.6 Å². The van der Waals surface area contributed by atoms with E-state index in [0.717, 1.165) is 23.8 Å². The Morgan fingerprint density at radius 2 is 2.00 bits per heavy atom. The zero-order valence-electron chi connectivity index (χ0n) is 11.9. The maximum Gasteiger partial charge on any atom is 0.279 e. The highest BCUT2D eigenvalue weighted by molar-refractivity contribution is 6.31. The van der Waals surface area contributed by atoms with Gasteiger partial charge in [0.25, 0.3) is 5.91 Å². The second kappa shape index (κ2) is 7.33. The van der Waals surface area contributed by atoms with Gasteiger partial charge in [0.1, 0.15) is 17.7 Å². The minimum absolute atomic E-state index is 0.0307. The first-order valence-electron chi connectivity index (χ1n) is 6.80. The van der Waals surface area contributed by atoms with Crippen LogP contribution in [0, 0.1) is 11.6 Å². The first-order chi connectivity index (χ1) is 10.5. The number of halogens is 3. The number of anilines is 1. The van der Waals surface area contributed by atoms with Gasteiger partial charge in [-0.1, -0.05) is 29.8 Å². The van der Waals surface area contributed by atoms with E-state index in [2.05, 4.69) is 5.32 Å². The topological polar surface area (TPSA) is 45.7 Å². The Bertz CT molecular complexity index is 679. The van der Waals surface area contributed by atoms with Crippen LogP contribution in [0.2, 0.25) is 5.02 Å². The minimum atomic E-state index is -0.672. The molecule has 22 heavy (non-hydrogen) atoms. The Labute approximate surface area is 132 Å². The van der Waals surface area contributed by atoms with E-state index < -0.39 is 17.5 Å². The van der Waals surface area contributed by atoms with Crippen LogP contribution in [0.25, 0.3) is 0 Å². The first-order valence-corrected chi connectivity index (χ1v) is 7.18. The second-order valence-electron chi connectivity index (χ2n) is 4.92. The van der Waals surface area contributed by atoms with Crippen LogP contribution < -0.4 is 10.6 Å². The van der Waals surface area contributed by atoms with Gasteiger partial charge in [0, 0.05) is 16.7 Å². The zero-order chi connectivity index (χ0) is 16.1. The first kappa shape index (κ1) is 16.4. The van der Waals surface area contributed by atoms with Gasteiger partial charge < -0.3 is 10.6 Å². The molecule has 0 bridgehead atoms. The molecule has 0 fully saturated rings. The lowest BCUT2D eigenvalue weighted by molar-refractivity contribution is -0.682. The molecule has 0 heterocycles. The fourth-order valence-corrected chi connectivity index (χ4v) is 2.36. The summed E-state index contributed by atoms with van der Waals surface area (Å²) in [7, 11) is 0. The Kier molecular flexibility index (Phi) is 5.46. The van der Waals surface area contributed by atoms with Gasteiger partial charge >= 0.3 is 0 Å². The normalized spacial score (nSPS) is 12.0. The maximum atomic E-state index is 13.4. The van der Waals surface area contributed by atoms with Crippen molar-refractivity contribution in [3.63, 3.8) is 0 Å². The van der Waals surface area contributed by atoms with E-state index >= 15 is 0 Å². The number of nitrogens with one attached hydrogen (secondary N) is 1. The molecule has 0 aromatic heterocycles. The predicted molar refractivity (Wildman–Crippen MR) is 81.6 cm³/mol. The number of hydrogen-bond acceptors (Lipinski definition) is 1. The van der Waals surface area contributed by atoms with Crippen LogP contribution in [0.5, 0.6) is 0 Å². The van der Waals surface area contributed by atoms with Crippen molar-refractivity contribution in [3.05, 3.63) is 64.7 Å². The van der Waals surface area contributed by atoms with Crippen molar-refractivity contribution in [2.45, 2.75) is 13.0 Å². The third-order valence-corrected chi connectivity index (χ3v) is 3.60. The molecular formula is C16H16ClF2N2O+. The molecule has 2 aromatic carbocycles. The van der Waals surface area contributed by atoms with E-state index in [0.29, 0.717) is 5.02 Å². The average molecular weight is 326 g/mol. The quantitative estimate of drug-likeness (QED) is 0.872. The molecule has 0 saturated heterocycles. The highest BCUT2D eigenvalue weighted by Crippen LogP contribution is 2.19.